The first-order chi connectivity index (χ1) is 9.63. The standard InChI is InChI=1S/C16H18O3S/c1-12-3-2-4-15(9-12)19-10-14(18)11-20-16-7-5-13(17)6-8-16/h2-9,14,17-18H,10-11H2,1H3. The van der Waals surface area contributed by atoms with Crippen molar-refractivity contribution in [3.63, 3.8) is 0 Å². The first kappa shape index (κ1) is 14.8. The zero-order valence-corrected chi connectivity index (χ0v) is 12.1. The first-order valence-corrected chi connectivity index (χ1v) is 7.41. The highest BCUT2D eigenvalue weighted by Crippen LogP contribution is 2.21. The summed E-state index contributed by atoms with van der Waals surface area (Å²) in [6.45, 7) is 2.28. The van der Waals surface area contributed by atoms with Crippen LogP contribution in [-0.4, -0.2) is 28.7 Å². The van der Waals surface area contributed by atoms with Gasteiger partial charge in [-0.15, -0.1) is 11.8 Å². The number of phenols is 1. The number of hydrogen-bond donors (Lipinski definition) is 2. The molecule has 0 amide bonds. The molecule has 3 nitrogen and oxygen atoms in total. The Morgan fingerprint density at radius 1 is 1.15 bits per heavy atom. The van der Waals surface area contributed by atoms with Gasteiger partial charge in [-0.25, -0.2) is 0 Å². The van der Waals surface area contributed by atoms with Crippen LogP contribution < -0.4 is 4.74 Å². The lowest BCUT2D eigenvalue weighted by Gasteiger charge is -2.12. The summed E-state index contributed by atoms with van der Waals surface area (Å²) in [5.74, 6) is 1.58. The van der Waals surface area contributed by atoms with Gasteiger partial charge in [0.15, 0.2) is 0 Å². The predicted molar refractivity (Wildman–Crippen MR) is 81.5 cm³/mol. The second kappa shape index (κ2) is 7.22. The Morgan fingerprint density at radius 2 is 1.90 bits per heavy atom. The Kier molecular flexibility index (Phi) is 5.32. The fraction of sp³-hybridized carbons (Fsp3) is 0.250. The molecule has 0 aliphatic rings. The van der Waals surface area contributed by atoms with Crippen LogP contribution in [0, 0.1) is 6.92 Å². The molecule has 4 heteroatoms. The smallest absolute Gasteiger partial charge is 0.119 e. The van der Waals surface area contributed by atoms with Crippen LogP contribution in [0.15, 0.2) is 53.4 Å². The minimum Gasteiger partial charge on any atom is -0.508 e. The van der Waals surface area contributed by atoms with Crippen molar-refractivity contribution in [2.75, 3.05) is 12.4 Å². The summed E-state index contributed by atoms with van der Waals surface area (Å²) in [5.41, 5.74) is 1.13. The minimum absolute atomic E-state index is 0.248. The molecule has 0 aliphatic heterocycles. The third-order valence-electron chi connectivity index (χ3n) is 2.71. The van der Waals surface area contributed by atoms with E-state index in [0.29, 0.717) is 5.75 Å². The van der Waals surface area contributed by atoms with Gasteiger partial charge >= 0.3 is 0 Å². The van der Waals surface area contributed by atoms with Crippen molar-refractivity contribution in [1.82, 2.24) is 0 Å². The van der Waals surface area contributed by atoms with Crippen LogP contribution >= 0.6 is 11.8 Å². The van der Waals surface area contributed by atoms with E-state index in [1.165, 1.54) is 11.8 Å². The van der Waals surface area contributed by atoms with Gasteiger partial charge in [0, 0.05) is 10.6 Å². The molecule has 2 aromatic rings. The van der Waals surface area contributed by atoms with Gasteiger partial charge in [-0.2, -0.15) is 0 Å². The molecule has 0 saturated carbocycles. The fourth-order valence-electron chi connectivity index (χ4n) is 1.68. The van der Waals surface area contributed by atoms with E-state index in [9.17, 15) is 10.2 Å². The van der Waals surface area contributed by atoms with Crippen LogP contribution in [0.5, 0.6) is 11.5 Å². The van der Waals surface area contributed by atoms with Gasteiger partial charge in [0.1, 0.15) is 18.1 Å². The molecule has 1 unspecified atom stereocenters. The lowest BCUT2D eigenvalue weighted by molar-refractivity contribution is 0.126. The van der Waals surface area contributed by atoms with Crippen molar-refractivity contribution in [2.24, 2.45) is 0 Å². The van der Waals surface area contributed by atoms with Gasteiger partial charge in [0.05, 0.1) is 6.10 Å². The summed E-state index contributed by atoms with van der Waals surface area (Å²) in [5, 5.41) is 19.1. The summed E-state index contributed by atoms with van der Waals surface area (Å²) in [6, 6.07) is 14.7. The van der Waals surface area contributed by atoms with E-state index in [0.717, 1.165) is 16.2 Å². The van der Waals surface area contributed by atoms with Gasteiger partial charge in [0.2, 0.25) is 0 Å². The molecule has 106 valence electrons. The normalized spacial score (nSPS) is 12.1. The fourth-order valence-corrected chi connectivity index (χ4v) is 2.49. The molecule has 2 rings (SSSR count). The number of benzene rings is 2. The molecular formula is C16H18O3S. The summed E-state index contributed by atoms with van der Waals surface area (Å²) < 4.78 is 5.55. The van der Waals surface area contributed by atoms with E-state index in [1.807, 2.05) is 43.3 Å². The second-order valence-corrected chi connectivity index (χ2v) is 5.68. The van der Waals surface area contributed by atoms with Crippen LogP contribution in [0.3, 0.4) is 0 Å². The molecule has 0 aliphatic carbocycles. The van der Waals surface area contributed by atoms with E-state index in [4.69, 9.17) is 4.74 Å². The lowest BCUT2D eigenvalue weighted by atomic mass is 10.2. The molecule has 1 atom stereocenters. The lowest BCUT2D eigenvalue weighted by Crippen LogP contribution is -2.20. The van der Waals surface area contributed by atoms with Gasteiger partial charge in [-0.1, -0.05) is 12.1 Å². The number of aliphatic hydroxyl groups is 1. The van der Waals surface area contributed by atoms with Crippen LogP contribution in [-0.2, 0) is 0 Å². The highest BCUT2D eigenvalue weighted by atomic mass is 32.2. The van der Waals surface area contributed by atoms with Gasteiger partial charge < -0.3 is 14.9 Å². The highest BCUT2D eigenvalue weighted by molar-refractivity contribution is 7.99. The number of rotatable bonds is 6. The number of ether oxygens (including phenoxy) is 1. The average molecular weight is 290 g/mol. The summed E-state index contributed by atoms with van der Waals surface area (Å²) in [6.07, 6.45) is -0.533. The zero-order chi connectivity index (χ0) is 14.4. The topological polar surface area (TPSA) is 49.7 Å². The Bertz CT molecular complexity index is 540. The molecule has 2 N–H and O–H groups in total. The Labute approximate surface area is 123 Å². The summed E-state index contributed by atoms with van der Waals surface area (Å²) >= 11 is 1.53. The van der Waals surface area contributed by atoms with Gasteiger partial charge in [0.25, 0.3) is 0 Å². The molecular weight excluding hydrogens is 272 g/mol. The minimum atomic E-state index is -0.533. The number of aromatic hydroxyl groups is 1. The quantitative estimate of drug-likeness (QED) is 0.802. The summed E-state index contributed by atoms with van der Waals surface area (Å²) in [7, 11) is 0. The van der Waals surface area contributed by atoms with E-state index in [2.05, 4.69) is 0 Å². The maximum atomic E-state index is 9.90. The number of thioether (sulfide) groups is 1. The molecule has 0 radical (unpaired) electrons. The molecule has 0 heterocycles. The molecule has 2 aromatic carbocycles. The average Bonchev–Trinajstić information content (AvgIpc) is 2.45. The van der Waals surface area contributed by atoms with Crippen LogP contribution in [0.1, 0.15) is 5.56 Å². The predicted octanol–water partition coefficient (Wildman–Crippen LogP) is 3.23. The first-order valence-electron chi connectivity index (χ1n) is 6.43. The SMILES string of the molecule is Cc1cccc(OCC(O)CSc2ccc(O)cc2)c1. The number of aliphatic hydroxyl groups excluding tert-OH is 1. The Hall–Kier alpha value is -1.65. The van der Waals surface area contributed by atoms with Crippen molar-refractivity contribution >= 4 is 11.8 Å². The van der Waals surface area contributed by atoms with Crippen molar-refractivity contribution < 1.29 is 14.9 Å². The molecule has 0 fully saturated rings. The monoisotopic (exact) mass is 290 g/mol. The van der Waals surface area contributed by atoms with E-state index >= 15 is 0 Å². The van der Waals surface area contributed by atoms with Crippen LogP contribution in [0.25, 0.3) is 0 Å². The van der Waals surface area contributed by atoms with Crippen molar-refractivity contribution in [3.05, 3.63) is 54.1 Å². The number of aryl methyl sites for hydroxylation is 1. The van der Waals surface area contributed by atoms with E-state index in [-0.39, 0.29) is 12.4 Å². The van der Waals surface area contributed by atoms with Crippen molar-refractivity contribution in [3.8, 4) is 11.5 Å². The van der Waals surface area contributed by atoms with Gasteiger partial charge in [-0.05, 0) is 48.9 Å². The Morgan fingerprint density at radius 3 is 2.60 bits per heavy atom. The molecule has 0 saturated heterocycles. The van der Waals surface area contributed by atoms with Crippen molar-refractivity contribution in [1.29, 1.82) is 0 Å². The third-order valence-corrected chi connectivity index (χ3v) is 3.87. The summed E-state index contributed by atoms with van der Waals surface area (Å²) in [4.78, 5) is 1.01. The van der Waals surface area contributed by atoms with E-state index < -0.39 is 6.10 Å². The Balaban J connectivity index is 1.75. The second-order valence-electron chi connectivity index (χ2n) is 4.59. The largest absolute Gasteiger partial charge is 0.508 e. The van der Waals surface area contributed by atoms with Gasteiger partial charge in [-0.3, -0.25) is 0 Å². The molecule has 20 heavy (non-hydrogen) atoms. The highest BCUT2D eigenvalue weighted by Gasteiger charge is 2.06. The third kappa shape index (κ3) is 4.79. The van der Waals surface area contributed by atoms with Crippen LogP contribution in [0.2, 0.25) is 0 Å². The number of phenolic OH excluding ortho intramolecular Hbond substituents is 1. The van der Waals surface area contributed by atoms with Crippen LogP contribution in [0.4, 0.5) is 0 Å². The van der Waals surface area contributed by atoms with Crippen molar-refractivity contribution in [2.45, 2.75) is 17.9 Å². The maximum Gasteiger partial charge on any atom is 0.119 e. The molecule has 0 bridgehead atoms. The maximum absolute atomic E-state index is 9.90. The molecule has 0 aromatic heterocycles. The van der Waals surface area contributed by atoms with E-state index in [1.54, 1.807) is 12.1 Å². The number of hydrogen-bond acceptors (Lipinski definition) is 4. The molecule has 0 spiro atoms. The zero-order valence-electron chi connectivity index (χ0n) is 11.3.